The molecule has 0 spiro atoms. The van der Waals surface area contributed by atoms with Crippen LogP contribution in [0.3, 0.4) is 0 Å². The Bertz CT molecular complexity index is 442. The van der Waals surface area contributed by atoms with E-state index in [4.69, 9.17) is 5.73 Å². The van der Waals surface area contributed by atoms with E-state index in [0.717, 1.165) is 0 Å². The number of benzene rings is 1. The number of halogens is 2. The topological polar surface area (TPSA) is 67.2 Å². The predicted molar refractivity (Wildman–Crippen MR) is 93.3 cm³/mol. The summed E-state index contributed by atoms with van der Waals surface area (Å²) in [7, 11) is 0. The van der Waals surface area contributed by atoms with Crippen molar-refractivity contribution in [2.24, 2.45) is 5.73 Å². The van der Waals surface area contributed by atoms with Crippen molar-refractivity contribution in [3.8, 4) is 0 Å². The van der Waals surface area contributed by atoms with Crippen molar-refractivity contribution in [2.45, 2.75) is 26.3 Å². The number of nitrogens with one attached hydrogen (secondary N) is 2. The van der Waals surface area contributed by atoms with E-state index in [1.165, 1.54) is 0 Å². The van der Waals surface area contributed by atoms with Gasteiger partial charge in [0.2, 0.25) is 0 Å². The molecule has 0 aliphatic carbocycles. The third-order valence-electron chi connectivity index (χ3n) is 2.30. The molecule has 6 heteroatoms. The Morgan fingerprint density at radius 3 is 2.24 bits per heavy atom. The van der Waals surface area contributed by atoms with Crippen molar-refractivity contribution >= 4 is 30.6 Å². The minimum Gasteiger partial charge on any atom is -0.371 e. The SMILES string of the molecule is CC(C)(C)N/C(=C/C(=O)c1ccccc1)NCCN.Cl.Cl. The smallest absolute Gasteiger partial charge is 0.189 e. The van der Waals surface area contributed by atoms with Crippen LogP contribution in [0.4, 0.5) is 0 Å². The van der Waals surface area contributed by atoms with Crippen molar-refractivity contribution in [1.29, 1.82) is 0 Å². The highest BCUT2D eigenvalue weighted by molar-refractivity contribution is 6.04. The number of carbonyl (C=O) groups excluding carboxylic acids is 1. The van der Waals surface area contributed by atoms with Crippen LogP contribution >= 0.6 is 24.8 Å². The zero-order valence-electron chi connectivity index (χ0n) is 12.7. The van der Waals surface area contributed by atoms with Gasteiger partial charge in [-0.25, -0.2) is 0 Å². The zero-order chi connectivity index (χ0) is 14.3. The number of nitrogens with two attached hydrogens (primary N) is 1. The lowest BCUT2D eigenvalue weighted by Crippen LogP contribution is -2.41. The Labute approximate surface area is 139 Å². The summed E-state index contributed by atoms with van der Waals surface area (Å²) in [4.78, 5) is 12.1. The second-order valence-electron chi connectivity index (χ2n) is 5.38. The van der Waals surface area contributed by atoms with Gasteiger partial charge in [-0.2, -0.15) is 0 Å². The fourth-order valence-corrected chi connectivity index (χ4v) is 1.56. The second-order valence-corrected chi connectivity index (χ2v) is 5.38. The first kappa shape index (κ1) is 22.1. The Balaban J connectivity index is 0. The summed E-state index contributed by atoms with van der Waals surface area (Å²) < 4.78 is 0. The van der Waals surface area contributed by atoms with Gasteiger partial charge in [0.1, 0.15) is 5.82 Å². The number of allylic oxidation sites excluding steroid dienone is 1. The van der Waals surface area contributed by atoms with Gasteiger partial charge in [-0.05, 0) is 20.8 Å². The van der Waals surface area contributed by atoms with Crippen LogP contribution in [0.15, 0.2) is 42.2 Å². The highest BCUT2D eigenvalue weighted by Gasteiger charge is 2.12. The lowest BCUT2D eigenvalue weighted by molar-refractivity contribution is 0.104. The summed E-state index contributed by atoms with van der Waals surface area (Å²) >= 11 is 0. The van der Waals surface area contributed by atoms with Crippen LogP contribution in [0.2, 0.25) is 0 Å². The van der Waals surface area contributed by atoms with Gasteiger partial charge in [0.25, 0.3) is 0 Å². The van der Waals surface area contributed by atoms with E-state index in [0.29, 0.717) is 24.5 Å². The van der Waals surface area contributed by atoms with E-state index in [1.807, 2.05) is 39.0 Å². The molecule has 0 fully saturated rings. The van der Waals surface area contributed by atoms with E-state index >= 15 is 0 Å². The van der Waals surface area contributed by atoms with E-state index < -0.39 is 0 Å². The normalized spacial score (nSPS) is 11.0. The first-order valence-electron chi connectivity index (χ1n) is 6.45. The summed E-state index contributed by atoms with van der Waals surface area (Å²) in [6.45, 7) is 7.26. The van der Waals surface area contributed by atoms with E-state index in [-0.39, 0.29) is 36.1 Å². The lowest BCUT2D eigenvalue weighted by atomic mass is 10.1. The molecule has 1 aromatic carbocycles. The Morgan fingerprint density at radius 1 is 1.19 bits per heavy atom. The molecule has 0 heterocycles. The van der Waals surface area contributed by atoms with Crippen molar-refractivity contribution in [3.05, 3.63) is 47.8 Å². The van der Waals surface area contributed by atoms with Crippen LogP contribution in [0.5, 0.6) is 0 Å². The minimum atomic E-state index is -0.121. The van der Waals surface area contributed by atoms with E-state index in [1.54, 1.807) is 18.2 Å². The molecule has 0 saturated heterocycles. The second kappa shape index (κ2) is 10.5. The van der Waals surface area contributed by atoms with Gasteiger partial charge in [0.05, 0.1) is 0 Å². The van der Waals surface area contributed by atoms with Crippen LogP contribution in [-0.4, -0.2) is 24.4 Å². The zero-order valence-corrected chi connectivity index (χ0v) is 14.3. The Morgan fingerprint density at radius 2 is 1.76 bits per heavy atom. The first-order valence-corrected chi connectivity index (χ1v) is 6.45. The number of ketones is 1. The van der Waals surface area contributed by atoms with Gasteiger partial charge >= 0.3 is 0 Å². The molecule has 4 nitrogen and oxygen atoms in total. The summed E-state index contributed by atoms with van der Waals surface area (Å²) in [5, 5.41) is 6.40. The molecule has 0 saturated carbocycles. The molecule has 21 heavy (non-hydrogen) atoms. The van der Waals surface area contributed by atoms with Gasteiger partial charge in [0, 0.05) is 30.3 Å². The fourth-order valence-electron chi connectivity index (χ4n) is 1.56. The van der Waals surface area contributed by atoms with Gasteiger partial charge in [-0.1, -0.05) is 30.3 Å². The van der Waals surface area contributed by atoms with Crippen molar-refractivity contribution in [2.75, 3.05) is 13.1 Å². The molecule has 0 aliphatic heterocycles. The van der Waals surface area contributed by atoms with Gasteiger partial charge in [0.15, 0.2) is 5.78 Å². The Hall–Kier alpha value is -1.23. The molecule has 4 N–H and O–H groups in total. The third-order valence-corrected chi connectivity index (χ3v) is 2.30. The standard InChI is InChI=1S/C15H23N3O.2ClH/c1-15(2,3)18-14(17-10-9-16)11-13(19)12-7-5-4-6-8-12;;/h4-8,11,17-18H,9-10,16H2,1-3H3;2*1H/b14-11+;;. The van der Waals surface area contributed by atoms with Crippen molar-refractivity contribution in [1.82, 2.24) is 10.6 Å². The quantitative estimate of drug-likeness (QED) is 0.552. The number of hydrogen-bond acceptors (Lipinski definition) is 4. The number of rotatable bonds is 6. The molecule has 0 aromatic heterocycles. The summed E-state index contributed by atoms with van der Waals surface area (Å²) in [6, 6.07) is 9.20. The van der Waals surface area contributed by atoms with Gasteiger partial charge < -0.3 is 16.4 Å². The molecule has 0 bridgehead atoms. The average molecular weight is 334 g/mol. The lowest BCUT2D eigenvalue weighted by Gasteiger charge is -2.25. The molecule has 0 amide bonds. The van der Waals surface area contributed by atoms with Crippen molar-refractivity contribution in [3.63, 3.8) is 0 Å². The molecule has 0 unspecified atom stereocenters. The summed E-state index contributed by atoms with van der Waals surface area (Å²) in [5.41, 5.74) is 6.03. The average Bonchev–Trinajstić information content (AvgIpc) is 2.35. The maximum atomic E-state index is 12.1. The Kier molecular flexibility index (Phi) is 11.0. The van der Waals surface area contributed by atoms with Gasteiger partial charge in [-0.3, -0.25) is 4.79 Å². The molecule has 1 aromatic rings. The third kappa shape index (κ3) is 9.34. The molecule has 0 radical (unpaired) electrons. The van der Waals surface area contributed by atoms with E-state index in [9.17, 15) is 4.79 Å². The summed E-state index contributed by atoms with van der Waals surface area (Å²) in [5.74, 6) is 0.670. The summed E-state index contributed by atoms with van der Waals surface area (Å²) in [6.07, 6.45) is 1.58. The molecular weight excluding hydrogens is 309 g/mol. The monoisotopic (exact) mass is 333 g/mol. The molecular formula is C15H25Cl2N3O. The highest BCUT2D eigenvalue weighted by Crippen LogP contribution is 2.05. The maximum absolute atomic E-state index is 12.1. The van der Waals surface area contributed by atoms with Crippen molar-refractivity contribution < 1.29 is 4.79 Å². The van der Waals surface area contributed by atoms with Crippen LogP contribution in [0, 0.1) is 0 Å². The molecule has 0 aliphatic rings. The van der Waals surface area contributed by atoms with Crippen LogP contribution < -0.4 is 16.4 Å². The number of hydrogen-bond donors (Lipinski definition) is 3. The van der Waals surface area contributed by atoms with Crippen LogP contribution in [-0.2, 0) is 0 Å². The fraction of sp³-hybridized carbons (Fsp3) is 0.400. The van der Waals surface area contributed by atoms with Crippen LogP contribution in [0.1, 0.15) is 31.1 Å². The minimum absolute atomic E-state index is 0. The molecule has 0 atom stereocenters. The predicted octanol–water partition coefficient (Wildman–Crippen LogP) is 2.49. The number of carbonyl (C=O) groups is 1. The first-order chi connectivity index (χ1) is 8.92. The molecule has 1 rings (SSSR count). The maximum Gasteiger partial charge on any atom is 0.189 e. The highest BCUT2D eigenvalue weighted by atomic mass is 35.5. The van der Waals surface area contributed by atoms with E-state index in [2.05, 4.69) is 10.6 Å². The largest absolute Gasteiger partial charge is 0.371 e. The van der Waals surface area contributed by atoms with Crippen LogP contribution in [0.25, 0.3) is 0 Å². The van der Waals surface area contributed by atoms with Gasteiger partial charge in [-0.15, -0.1) is 24.8 Å². The molecule has 120 valence electrons.